The summed E-state index contributed by atoms with van der Waals surface area (Å²) in [4.78, 5) is 0. The molecule has 3 atom stereocenters. The number of nitrogens with one attached hydrogen (secondary N) is 1. The highest BCUT2D eigenvalue weighted by atomic mass is 32.2. The molecule has 1 fully saturated rings. The number of aromatic nitrogens is 2. The Morgan fingerprint density at radius 1 is 1.47 bits per heavy atom. The van der Waals surface area contributed by atoms with Gasteiger partial charge in [0.15, 0.2) is 0 Å². The van der Waals surface area contributed by atoms with E-state index < -0.39 is 9.84 Å². The van der Waals surface area contributed by atoms with Crippen LogP contribution in [-0.4, -0.2) is 36.8 Å². The molecule has 5 nitrogen and oxygen atoms in total. The van der Waals surface area contributed by atoms with E-state index in [9.17, 15) is 8.42 Å². The van der Waals surface area contributed by atoms with Gasteiger partial charge in [0.1, 0.15) is 9.84 Å². The Morgan fingerprint density at radius 3 is 2.74 bits per heavy atom. The van der Waals surface area contributed by atoms with Crippen molar-refractivity contribution in [2.24, 2.45) is 13.0 Å². The van der Waals surface area contributed by atoms with Crippen molar-refractivity contribution in [2.45, 2.75) is 37.0 Å². The lowest BCUT2D eigenvalue weighted by Crippen LogP contribution is -2.34. The van der Waals surface area contributed by atoms with Crippen molar-refractivity contribution in [3.63, 3.8) is 0 Å². The minimum Gasteiger partial charge on any atom is -0.313 e. The summed E-state index contributed by atoms with van der Waals surface area (Å²) in [5.74, 6) is 0.364. The maximum absolute atomic E-state index is 11.7. The van der Waals surface area contributed by atoms with Crippen molar-refractivity contribution in [3.8, 4) is 0 Å². The fourth-order valence-corrected chi connectivity index (χ4v) is 4.34. The molecule has 19 heavy (non-hydrogen) atoms. The molecule has 0 radical (unpaired) electrons. The fourth-order valence-electron chi connectivity index (χ4n) is 3.15. The first-order valence-electron chi connectivity index (χ1n) is 6.76. The van der Waals surface area contributed by atoms with Crippen molar-refractivity contribution in [1.29, 1.82) is 0 Å². The lowest BCUT2D eigenvalue weighted by atomic mass is 9.81. The van der Waals surface area contributed by atoms with Gasteiger partial charge in [0.25, 0.3) is 0 Å². The Hall–Kier alpha value is -0.880. The van der Waals surface area contributed by atoms with E-state index in [1.165, 1.54) is 6.26 Å². The molecule has 0 aromatic carbocycles. The summed E-state index contributed by atoms with van der Waals surface area (Å²) in [6.45, 7) is 0. The molecule has 1 N–H and O–H groups in total. The average molecular weight is 285 g/mol. The van der Waals surface area contributed by atoms with Crippen LogP contribution in [-0.2, 0) is 16.9 Å². The summed E-state index contributed by atoms with van der Waals surface area (Å²) in [6, 6.07) is 0.193. The first-order valence-corrected chi connectivity index (χ1v) is 8.72. The van der Waals surface area contributed by atoms with Crippen LogP contribution in [0.3, 0.4) is 0 Å². The summed E-state index contributed by atoms with van der Waals surface area (Å²) in [5.41, 5.74) is 1.14. The van der Waals surface area contributed by atoms with Gasteiger partial charge < -0.3 is 5.32 Å². The van der Waals surface area contributed by atoms with E-state index in [0.29, 0.717) is 5.92 Å². The highest BCUT2D eigenvalue weighted by Crippen LogP contribution is 2.36. The molecule has 1 heterocycles. The standard InChI is InChI=1S/C13H23N3O2S/c1-14-13(11-8-15-16(2)9-11)10-5-4-6-12(7-10)19(3,17)18/h8-10,12-14H,4-7H2,1-3H3. The van der Waals surface area contributed by atoms with Crippen molar-refractivity contribution >= 4 is 9.84 Å². The molecule has 0 spiro atoms. The Kier molecular flexibility index (Phi) is 4.30. The zero-order valence-corrected chi connectivity index (χ0v) is 12.7. The van der Waals surface area contributed by atoms with Crippen molar-refractivity contribution in [3.05, 3.63) is 18.0 Å². The van der Waals surface area contributed by atoms with Crippen LogP contribution in [0, 0.1) is 5.92 Å². The summed E-state index contributed by atoms with van der Waals surface area (Å²) < 4.78 is 25.3. The Balaban J connectivity index is 2.15. The number of nitrogens with zero attached hydrogens (tertiary/aromatic N) is 2. The molecule has 0 aliphatic heterocycles. The second-order valence-electron chi connectivity index (χ2n) is 5.59. The number of sulfone groups is 1. The zero-order chi connectivity index (χ0) is 14.0. The van der Waals surface area contributed by atoms with E-state index >= 15 is 0 Å². The molecule has 0 saturated heterocycles. The molecule has 1 aromatic rings. The molecule has 0 amide bonds. The summed E-state index contributed by atoms with van der Waals surface area (Å²) in [7, 11) is 0.905. The number of rotatable bonds is 4. The van der Waals surface area contributed by atoms with Gasteiger partial charge in [0.2, 0.25) is 0 Å². The quantitative estimate of drug-likeness (QED) is 0.905. The number of hydrogen-bond acceptors (Lipinski definition) is 4. The highest BCUT2D eigenvalue weighted by Gasteiger charge is 2.33. The van der Waals surface area contributed by atoms with E-state index in [0.717, 1.165) is 31.2 Å². The van der Waals surface area contributed by atoms with Crippen LogP contribution < -0.4 is 5.32 Å². The molecule has 108 valence electrons. The van der Waals surface area contributed by atoms with Crippen LogP contribution in [0.2, 0.25) is 0 Å². The van der Waals surface area contributed by atoms with Gasteiger partial charge in [-0.2, -0.15) is 5.10 Å². The van der Waals surface area contributed by atoms with Crippen molar-refractivity contribution < 1.29 is 8.42 Å². The van der Waals surface area contributed by atoms with Gasteiger partial charge in [-0.3, -0.25) is 4.68 Å². The zero-order valence-electron chi connectivity index (χ0n) is 11.8. The maximum Gasteiger partial charge on any atom is 0.150 e. The fraction of sp³-hybridized carbons (Fsp3) is 0.769. The third-order valence-corrected chi connectivity index (χ3v) is 5.78. The molecule has 1 aliphatic rings. The molecule has 0 bridgehead atoms. The molecule has 3 unspecified atom stereocenters. The highest BCUT2D eigenvalue weighted by molar-refractivity contribution is 7.91. The van der Waals surface area contributed by atoms with Crippen LogP contribution in [0.15, 0.2) is 12.4 Å². The molecule has 6 heteroatoms. The van der Waals surface area contributed by atoms with Crippen molar-refractivity contribution in [1.82, 2.24) is 15.1 Å². The second-order valence-corrected chi connectivity index (χ2v) is 7.92. The van der Waals surface area contributed by atoms with Gasteiger partial charge >= 0.3 is 0 Å². The van der Waals surface area contributed by atoms with E-state index in [1.807, 2.05) is 26.5 Å². The van der Waals surface area contributed by atoms with Crippen LogP contribution in [0.5, 0.6) is 0 Å². The molecular formula is C13H23N3O2S. The number of hydrogen-bond donors (Lipinski definition) is 1. The monoisotopic (exact) mass is 285 g/mol. The topological polar surface area (TPSA) is 64.0 Å². The third kappa shape index (κ3) is 3.36. The van der Waals surface area contributed by atoms with Gasteiger partial charge in [0.05, 0.1) is 11.4 Å². The predicted molar refractivity (Wildman–Crippen MR) is 75.6 cm³/mol. The SMILES string of the molecule is CNC(c1cnn(C)c1)C1CCCC(S(C)(=O)=O)C1. The second kappa shape index (κ2) is 5.63. The first-order chi connectivity index (χ1) is 8.91. The van der Waals surface area contributed by atoms with Gasteiger partial charge in [0, 0.05) is 31.1 Å². The molecule has 2 rings (SSSR count). The van der Waals surface area contributed by atoms with Gasteiger partial charge in [-0.1, -0.05) is 6.42 Å². The average Bonchev–Trinajstić information content (AvgIpc) is 2.76. The smallest absolute Gasteiger partial charge is 0.150 e. The normalized spacial score (nSPS) is 26.3. The largest absolute Gasteiger partial charge is 0.313 e. The third-order valence-electron chi connectivity index (χ3n) is 4.14. The Morgan fingerprint density at radius 2 is 2.21 bits per heavy atom. The summed E-state index contributed by atoms with van der Waals surface area (Å²) >= 11 is 0. The van der Waals surface area contributed by atoms with E-state index in [-0.39, 0.29) is 11.3 Å². The first kappa shape index (κ1) is 14.5. The Labute approximate surface area is 115 Å². The van der Waals surface area contributed by atoms with Crippen LogP contribution in [0.25, 0.3) is 0 Å². The lowest BCUT2D eigenvalue weighted by molar-refractivity contribution is 0.282. The molecule has 1 aliphatic carbocycles. The minimum atomic E-state index is -2.93. The van der Waals surface area contributed by atoms with Gasteiger partial charge in [-0.15, -0.1) is 0 Å². The Bertz CT molecular complexity index is 524. The van der Waals surface area contributed by atoms with Crippen LogP contribution in [0.4, 0.5) is 0 Å². The van der Waals surface area contributed by atoms with Crippen LogP contribution in [0.1, 0.15) is 37.3 Å². The van der Waals surface area contributed by atoms with Gasteiger partial charge in [-0.05, 0) is 32.2 Å². The summed E-state index contributed by atoms with van der Waals surface area (Å²) in [6.07, 6.45) is 8.85. The molecule has 1 aromatic heterocycles. The lowest BCUT2D eigenvalue weighted by Gasteiger charge is -2.33. The minimum absolute atomic E-state index is 0.182. The van der Waals surface area contributed by atoms with E-state index in [2.05, 4.69) is 10.4 Å². The predicted octanol–water partition coefficient (Wildman–Crippen LogP) is 1.28. The van der Waals surface area contributed by atoms with E-state index in [4.69, 9.17) is 0 Å². The maximum atomic E-state index is 11.7. The van der Waals surface area contributed by atoms with E-state index in [1.54, 1.807) is 4.68 Å². The van der Waals surface area contributed by atoms with Crippen LogP contribution >= 0.6 is 0 Å². The number of aryl methyl sites for hydroxylation is 1. The van der Waals surface area contributed by atoms with Crippen molar-refractivity contribution in [2.75, 3.05) is 13.3 Å². The molecule has 1 saturated carbocycles. The van der Waals surface area contributed by atoms with Gasteiger partial charge in [-0.25, -0.2) is 8.42 Å². The molecular weight excluding hydrogens is 262 g/mol. The summed E-state index contributed by atoms with van der Waals surface area (Å²) in [5, 5.41) is 7.35.